The lowest BCUT2D eigenvalue weighted by Gasteiger charge is -2.17. The summed E-state index contributed by atoms with van der Waals surface area (Å²) in [6.45, 7) is 0. The van der Waals surface area contributed by atoms with Crippen molar-refractivity contribution in [3.8, 4) is 45.0 Å². The molecule has 1 aromatic heterocycles. The van der Waals surface area contributed by atoms with Crippen LogP contribution in [0.25, 0.3) is 120 Å². The fourth-order valence-electron chi connectivity index (χ4n) is 9.19. The highest BCUT2D eigenvalue weighted by Gasteiger charge is 2.18. The molecule has 12 rings (SSSR count). The fourth-order valence-corrected chi connectivity index (χ4v) is 9.19. The normalized spacial score (nSPS) is 11.9. The maximum absolute atomic E-state index is 5.31. The van der Waals surface area contributed by atoms with E-state index in [4.69, 9.17) is 9.97 Å². The molecule has 11 aromatic carbocycles. The molecular formula is C54H32N2. The van der Waals surface area contributed by atoms with Crippen LogP contribution in [0.3, 0.4) is 0 Å². The lowest BCUT2D eigenvalue weighted by molar-refractivity contribution is 1.18. The summed E-state index contributed by atoms with van der Waals surface area (Å²) < 4.78 is 0. The molecule has 0 amide bonds. The van der Waals surface area contributed by atoms with Crippen molar-refractivity contribution in [2.45, 2.75) is 0 Å². The van der Waals surface area contributed by atoms with Gasteiger partial charge in [0.2, 0.25) is 0 Å². The van der Waals surface area contributed by atoms with E-state index in [0.717, 1.165) is 28.1 Å². The largest absolute Gasteiger partial charge is 0.228 e. The first kappa shape index (κ1) is 31.0. The molecule has 0 spiro atoms. The Bertz CT molecular complexity index is 3500. The van der Waals surface area contributed by atoms with Crippen LogP contribution in [0.1, 0.15) is 0 Å². The SMILES string of the molecule is c1ccc(-c2nc(-c3ccc(-c4cccc5ccccc45)cc3)cc(-c3cc4ccc5cccc6c7cccc8ccc9cccc(c(c3)c4c56)c9c87)n2)cc1. The number of benzene rings is 10. The van der Waals surface area contributed by atoms with Crippen LogP contribution in [0.4, 0.5) is 0 Å². The molecule has 0 radical (unpaired) electrons. The topological polar surface area (TPSA) is 25.8 Å². The van der Waals surface area contributed by atoms with Crippen molar-refractivity contribution in [1.29, 1.82) is 0 Å². The van der Waals surface area contributed by atoms with Gasteiger partial charge in [-0.3, -0.25) is 0 Å². The van der Waals surface area contributed by atoms with Crippen LogP contribution in [-0.4, -0.2) is 9.97 Å². The van der Waals surface area contributed by atoms with Crippen molar-refractivity contribution in [2.24, 2.45) is 0 Å². The van der Waals surface area contributed by atoms with E-state index in [1.165, 1.54) is 86.5 Å². The average Bonchev–Trinajstić information content (AvgIpc) is 3.27. The van der Waals surface area contributed by atoms with Crippen LogP contribution in [0.15, 0.2) is 194 Å². The van der Waals surface area contributed by atoms with E-state index in [1.807, 2.05) is 6.07 Å². The molecule has 12 aromatic rings. The van der Waals surface area contributed by atoms with Gasteiger partial charge in [-0.25, -0.2) is 9.97 Å². The second-order valence-corrected chi connectivity index (χ2v) is 14.9. The van der Waals surface area contributed by atoms with Crippen LogP contribution in [0.5, 0.6) is 0 Å². The predicted octanol–water partition coefficient (Wildman–Crippen LogP) is 14.7. The van der Waals surface area contributed by atoms with Crippen LogP contribution in [0, 0.1) is 0 Å². The van der Waals surface area contributed by atoms with E-state index in [-0.39, 0.29) is 0 Å². The van der Waals surface area contributed by atoms with E-state index in [2.05, 4.69) is 188 Å². The maximum Gasteiger partial charge on any atom is 0.160 e. The highest BCUT2D eigenvalue weighted by molar-refractivity contribution is 6.37. The zero-order chi connectivity index (χ0) is 36.7. The Balaban J connectivity index is 1.13. The van der Waals surface area contributed by atoms with Gasteiger partial charge >= 0.3 is 0 Å². The van der Waals surface area contributed by atoms with E-state index in [1.54, 1.807) is 0 Å². The molecule has 0 bridgehead atoms. The molecule has 0 atom stereocenters. The van der Waals surface area contributed by atoms with Crippen molar-refractivity contribution in [1.82, 2.24) is 9.97 Å². The van der Waals surface area contributed by atoms with Gasteiger partial charge in [0.25, 0.3) is 0 Å². The van der Waals surface area contributed by atoms with Crippen LogP contribution >= 0.6 is 0 Å². The van der Waals surface area contributed by atoms with Crippen LogP contribution < -0.4 is 0 Å². The number of aromatic nitrogens is 2. The summed E-state index contributed by atoms with van der Waals surface area (Å²) in [5.74, 6) is 0.709. The van der Waals surface area contributed by atoms with Crippen molar-refractivity contribution in [2.75, 3.05) is 0 Å². The summed E-state index contributed by atoms with van der Waals surface area (Å²) in [6, 6.07) is 70.5. The minimum atomic E-state index is 0.709. The highest BCUT2D eigenvalue weighted by atomic mass is 14.9. The second kappa shape index (κ2) is 12.0. The zero-order valence-corrected chi connectivity index (χ0v) is 30.4. The molecule has 0 saturated carbocycles. The highest BCUT2D eigenvalue weighted by Crippen LogP contribution is 2.44. The molecule has 0 aliphatic rings. The summed E-state index contributed by atoms with van der Waals surface area (Å²) >= 11 is 0. The quantitative estimate of drug-likeness (QED) is 0.170. The fraction of sp³-hybridized carbons (Fsp3) is 0. The minimum absolute atomic E-state index is 0.709. The van der Waals surface area contributed by atoms with Gasteiger partial charge in [-0.15, -0.1) is 0 Å². The van der Waals surface area contributed by atoms with Gasteiger partial charge in [0.05, 0.1) is 11.4 Å². The monoisotopic (exact) mass is 708 g/mol. The molecule has 258 valence electrons. The number of nitrogens with zero attached hydrogens (tertiary/aromatic N) is 2. The molecule has 0 aliphatic heterocycles. The third kappa shape index (κ3) is 4.69. The molecule has 0 unspecified atom stereocenters. The number of hydrogen-bond donors (Lipinski definition) is 0. The first-order valence-electron chi connectivity index (χ1n) is 19.2. The van der Waals surface area contributed by atoms with Gasteiger partial charge in [0, 0.05) is 16.7 Å². The Kier molecular flexibility index (Phi) is 6.66. The molecule has 0 saturated heterocycles. The van der Waals surface area contributed by atoms with Crippen molar-refractivity contribution in [3.63, 3.8) is 0 Å². The molecule has 2 nitrogen and oxygen atoms in total. The van der Waals surface area contributed by atoms with Crippen molar-refractivity contribution < 1.29 is 0 Å². The summed E-state index contributed by atoms with van der Waals surface area (Å²) in [5, 5.41) is 17.6. The van der Waals surface area contributed by atoms with E-state index >= 15 is 0 Å². The Morgan fingerprint density at radius 1 is 0.250 bits per heavy atom. The summed E-state index contributed by atoms with van der Waals surface area (Å²) in [7, 11) is 0. The smallest absolute Gasteiger partial charge is 0.160 e. The van der Waals surface area contributed by atoms with Crippen molar-refractivity contribution in [3.05, 3.63) is 194 Å². The number of fused-ring (bicyclic) bond motifs is 3. The second-order valence-electron chi connectivity index (χ2n) is 14.9. The van der Waals surface area contributed by atoms with Gasteiger partial charge in [0.1, 0.15) is 0 Å². The van der Waals surface area contributed by atoms with E-state index in [9.17, 15) is 0 Å². The van der Waals surface area contributed by atoms with Gasteiger partial charge in [0.15, 0.2) is 5.82 Å². The predicted molar refractivity (Wildman–Crippen MR) is 238 cm³/mol. The molecule has 0 fully saturated rings. The average molecular weight is 709 g/mol. The minimum Gasteiger partial charge on any atom is -0.228 e. The lowest BCUT2D eigenvalue weighted by Crippen LogP contribution is -1.96. The summed E-state index contributed by atoms with van der Waals surface area (Å²) in [6.07, 6.45) is 0. The maximum atomic E-state index is 5.31. The standard InChI is InChI=1S/C54H32N2/c1-2-11-39(12-3-1)54-55-48(35-24-22-34(23-25-35)43-18-6-13-33-10-4-5-17-42(33)43)32-49(56-54)41-30-40-29-28-38-15-8-20-45-44-19-7-14-36-26-27-37-16-9-21-46(52(37)50(36)44)47(31-41)53(40)51(38)45/h1-32H. The summed E-state index contributed by atoms with van der Waals surface area (Å²) in [5.41, 5.74) is 7.30. The Labute approximate surface area is 323 Å². The molecule has 0 N–H and O–H groups in total. The number of hydrogen-bond acceptors (Lipinski definition) is 2. The molecule has 1 heterocycles. The van der Waals surface area contributed by atoms with Crippen LogP contribution in [0.2, 0.25) is 0 Å². The van der Waals surface area contributed by atoms with E-state index in [0.29, 0.717) is 5.82 Å². The summed E-state index contributed by atoms with van der Waals surface area (Å²) in [4.78, 5) is 10.5. The molecule has 56 heavy (non-hydrogen) atoms. The van der Waals surface area contributed by atoms with Gasteiger partial charge in [-0.2, -0.15) is 0 Å². The molecule has 2 heteroatoms. The molecule has 0 aliphatic carbocycles. The first-order valence-corrected chi connectivity index (χ1v) is 19.2. The lowest BCUT2D eigenvalue weighted by atomic mass is 9.87. The first-order chi connectivity index (χ1) is 27.7. The number of rotatable bonds is 4. The van der Waals surface area contributed by atoms with Crippen molar-refractivity contribution >= 4 is 75.4 Å². The third-order valence-corrected chi connectivity index (χ3v) is 11.8. The van der Waals surface area contributed by atoms with E-state index < -0.39 is 0 Å². The Hall–Kier alpha value is -7.42. The van der Waals surface area contributed by atoms with Gasteiger partial charge < -0.3 is 0 Å². The zero-order valence-electron chi connectivity index (χ0n) is 30.4. The Morgan fingerprint density at radius 2 is 0.732 bits per heavy atom. The Morgan fingerprint density at radius 3 is 1.41 bits per heavy atom. The third-order valence-electron chi connectivity index (χ3n) is 11.8. The van der Waals surface area contributed by atoms with Gasteiger partial charge in [-0.1, -0.05) is 176 Å². The van der Waals surface area contributed by atoms with Gasteiger partial charge in [-0.05, 0) is 105 Å². The van der Waals surface area contributed by atoms with Crippen LogP contribution in [-0.2, 0) is 0 Å². The molecular weight excluding hydrogens is 677 g/mol.